The molecule has 3 aromatic carbocycles. The fourth-order valence-electron chi connectivity index (χ4n) is 6.78. The summed E-state index contributed by atoms with van der Waals surface area (Å²) in [5.74, 6) is 0.795. The van der Waals surface area contributed by atoms with Crippen molar-refractivity contribution in [2.24, 2.45) is 17.8 Å². The lowest BCUT2D eigenvalue weighted by Crippen LogP contribution is -2.52. The van der Waals surface area contributed by atoms with Crippen molar-refractivity contribution in [3.05, 3.63) is 121 Å². The van der Waals surface area contributed by atoms with Crippen molar-refractivity contribution >= 4 is 31.5 Å². The minimum atomic E-state index is -2.89. The molecule has 0 unspecified atom stereocenters. The summed E-state index contributed by atoms with van der Waals surface area (Å²) in [6.07, 6.45) is 4.07. The van der Waals surface area contributed by atoms with Gasteiger partial charge in [-0.2, -0.15) is 0 Å². The first-order chi connectivity index (χ1) is 23.9. The van der Waals surface area contributed by atoms with Gasteiger partial charge in [0.25, 0.3) is 0 Å². The number of thioether (sulfide) groups is 1. The maximum Gasteiger partial charge on any atom is 0.407 e. The van der Waals surface area contributed by atoms with Gasteiger partial charge in [-0.3, -0.25) is 4.79 Å². The number of benzene rings is 3. The highest BCUT2D eigenvalue weighted by atomic mass is 32.2. The van der Waals surface area contributed by atoms with E-state index in [-0.39, 0.29) is 35.5 Å². The molecule has 3 aromatic rings. The highest BCUT2D eigenvalue weighted by molar-refractivity contribution is 8.13. The highest BCUT2D eigenvalue weighted by Crippen LogP contribution is 2.44. The SMILES string of the molecule is C=CC[C@@H](O[Si](C)(C)O[C@@H](C=C)[C@@H](CC(C)C)C(=O)SCc1ccccc1)[C@@H](CC(C)C)NC(=O)OCC1c2ccccc2-c2ccccc21. The summed E-state index contributed by atoms with van der Waals surface area (Å²) in [6.45, 7) is 20.8. The van der Waals surface area contributed by atoms with Crippen molar-refractivity contribution in [2.75, 3.05) is 6.61 Å². The molecule has 4 atom stereocenters. The Morgan fingerprint density at radius 1 is 0.840 bits per heavy atom. The van der Waals surface area contributed by atoms with Crippen LogP contribution in [0.15, 0.2) is 104 Å². The molecule has 4 rings (SSSR count). The molecule has 0 heterocycles. The van der Waals surface area contributed by atoms with Crippen molar-refractivity contribution in [3.8, 4) is 11.1 Å². The average Bonchev–Trinajstić information content (AvgIpc) is 3.41. The Labute approximate surface area is 305 Å². The van der Waals surface area contributed by atoms with Gasteiger partial charge in [0.15, 0.2) is 5.12 Å². The second-order valence-electron chi connectivity index (χ2n) is 14.4. The van der Waals surface area contributed by atoms with Crippen LogP contribution in [-0.4, -0.2) is 44.6 Å². The van der Waals surface area contributed by atoms with Gasteiger partial charge in [-0.15, -0.1) is 13.2 Å². The Kier molecular flexibility index (Phi) is 14.7. The topological polar surface area (TPSA) is 73.9 Å². The van der Waals surface area contributed by atoms with E-state index in [0.29, 0.717) is 30.9 Å². The van der Waals surface area contributed by atoms with Crippen LogP contribution in [0.3, 0.4) is 0 Å². The van der Waals surface area contributed by atoms with E-state index < -0.39 is 26.9 Å². The lowest BCUT2D eigenvalue weighted by Gasteiger charge is -2.37. The van der Waals surface area contributed by atoms with Crippen molar-refractivity contribution < 1.29 is 23.2 Å². The van der Waals surface area contributed by atoms with Crippen LogP contribution >= 0.6 is 11.8 Å². The molecular formula is C42H55NO5SSi. The molecule has 50 heavy (non-hydrogen) atoms. The van der Waals surface area contributed by atoms with E-state index in [0.717, 1.165) is 5.56 Å². The zero-order chi connectivity index (χ0) is 36.3. The van der Waals surface area contributed by atoms with Crippen molar-refractivity contribution in [1.29, 1.82) is 0 Å². The molecule has 0 spiro atoms. The number of amides is 1. The summed E-state index contributed by atoms with van der Waals surface area (Å²) in [5, 5.41) is 3.24. The minimum absolute atomic E-state index is 0.0279. The van der Waals surface area contributed by atoms with Gasteiger partial charge in [0.1, 0.15) is 6.61 Å². The molecular weight excluding hydrogens is 659 g/mol. The summed E-state index contributed by atoms with van der Waals surface area (Å²) in [5.41, 5.74) is 5.82. The van der Waals surface area contributed by atoms with Gasteiger partial charge in [0.05, 0.1) is 24.2 Å². The van der Waals surface area contributed by atoms with E-state index >= 15 is 0 Å². The molecule has 0 saturated heterocycles. The maximum absolute atomic E-state index is 13.6. The van der Waals surface area contributed by atoms with Crippen LogP contribution < -0.4 is 5.32 Å². The minimum Gasteiger partial charge on any atom is -0.449 e. The molecule has 8 heteroatoms. The van der Waals surface area contributed by atoms with Crippen molar-refractivity contribution in [3.63, 3.8) is 0 Å². The van der Waals surface area contributed by atoms with E-state index in [1.165, 1.54) is 34.0 Å². The summed E-state index contributed by atoms with van der Waals surface area (Å²) >= 11 is 1.33. The van der Waals surface area contributed by atoms with Gasteiger partial charge < -0.3 is 18.9 Å². The van der Waals surface area contributed by atoms with E-state index in [1.807, 2.05) is 73.8 Å². The summed E-state index contributed by atoms with van der Waals surface area (Å²) in [4.78, 5) is 27.1. The number of rotatable bonds is 19. The molecule has 0 aromatic heterocycles. The Morgan fingerprint density at radius 2 is 1.42 bits per heavy atom. The van der Waals surface area contributed by atoms with Crippen LogP contribution in [-0.2, 0) is 24.1 Å². The number of alkyl carbamates (subject to hydrolysis) is 1. The van der Waals surface area contributed by atoms with E-state index in [4.69, 9.17) is 13.6 Å². The largest absolute Gasteiger partial charge is 0.449 e. The van der Waals surface area contributed by atoms with Crippen molar-refractivity contribution in [1.82, 2.24) is 5.32 Å². The Bertz CT molecular complexity index is 1530. The third-order valence-electron chi connectivity index (χ3n) is 8.96. The first-order valence-corrected chi connectivity index (χ1v) is 21.6. The van der Waals surface area contributed by atoms with Gasteiger partial charge in [0.2, 0.25) is 0 Å². The highest BCUT2D eigenvalue weighted by Gasteiger charge is 2.39. The Morgan fingerprint density at radius 3 is 1.98 bits per heavy atom. The summed E-state index contributed by atoms with van der Waals surface area (Å²) in [6, 6.07) is 26.3. The van der Waals surface area contributed by atoms with Crippen LogP contribution in [0.5, 0.6) is 0 Å². The first kappa shape index (κ1) is 39.4. The number of ether oxygens (including phenoxy) is 1. The lowest BCUT2D eigenvalue weighted by molar-refractivity contribution is -0.117. The summed E-state index contributed by atoms with van der Waals surface area (Å²) in [7, 11) is -2.89. The zero-order valence-electron chi connectivity index (χ0n) is 30.6. The van der Waals surface area contributed by atoms with Crippen LogP contribution in [0.25, 0.3) is 11.1 Å². The number of hydrogen-bond acceptors (Lipinski definition) is 6. The summed E-state index contributed by atoms with van der Waals surface area (Å²) < 4.78 is 19.5. The molecule has 1 aliphatic carbocycles. The smallest absolute Gasteiger partial charge is 0.407 e. The Hall–Kier alpha value is -3.43. The molecule has 1 amide bonds. The van der Waals surface area contributed by atoms with Crippen LogP contribution in [0, 0.1) is 17.8 Å². The number of fused-ring (bicyclic) bond motifs is 3. The fourth-order valence-corrected chi connectivity index (χ4v) is 9.69. The van der Waals surface area contributed by atoms with Crippen LogP contribution in [0.4, 0.5) is 4.79 Å². The second-order valence-corrected chi connectivity index (χ2v) is 18.7. The molecule has 0 fully saturated rings. The lowest BCUT2D eigenvalue weighted by atomic mass is 9.93. The fraction of sp³-hybridized carbons (Fsp3) is 0.429. The van der Waals surface area contributed by atoms with Gasteiger partial charge in [-0.25, -0.2) is 4.79 Å². The monoisotopic (exact) mass is 713 g/mol. The quantitative estimate of drug-likeness (QED) is 0.0985. The number of nitrogens with one attached hydrogen (secondary N) is 1. The second kappa shape index (κ2) is 18.7. The number of carbonyl (C=O) groups excluding carboxylic acids is 2. The number of hydrogen-bond donors (Lipinski definition) is 1. The first-order valence-electron chi connectivity index (χ1n) is 17.8. The predicted octanol–water partition coefficient (Wildman–Crippen LogP) is 10.3. The molecule has 0 aliphatic heterocycles. The van der Waals surface area contributed by atoms with Gasteiger partial charge >= 0.3 is 14.7 Å². The zero-order valence-corrected chi connectivity index (χ0v) is 32.4. The van der Waals surface area contributed by atoms with Crippen molar-refractivity contribution in [2.45, 2.75) is 90.0 Å². The Balaban J connectivity index is 1.44. The van der Waals surface area contributed by atoms with Gasteiger partial charge in [-0.05, 0) is 72.0 Å². The molecule has 6 nitrogen and oxygen atoms in total. The standard InChI is InChI=1S/C42H55NO5SSi/c1-9-18-40(48-50(7,8)47-39(10-2)36(25-29(3)4)41(44)49-28-31-19-12-11-13-20-31)38(26-30(5)6)43-42(45)46-27-37-34-23-16-14-21-32(34)33-22-15-17-24-35(33)37/h9-17,19-24,29-30,36-40H,1-2,18,25-28H2,3-8H3,(H,43,45)/t36-,38-,39+,40-/m1/s1. The van der Waals surface area contributed by atoms with Gasteiger partial charge in [0, 0.05) is 11.7 Å². The average molecular weight is 714 g/mol. The number of carbonyl (C=O) groups is 2. The molecule has 0 radical (unpaired) electrons. The predicted molar refractivity (Wildman–Crippen MR) is 209 cm³/mol. The normalized spacial score (nSPS) is 15.1. The van der Waals surface area contributed by atoms with Crippen LogP contribution in [0.2, 0.25) is 13.1 Å². The van der Waals surface area contributed by atoms with E-state index in [9.17, 15) is 9.59 Å². The maximum atomic E-state index is 13.6. The third-order valence-corrected chi connectivity index (χ3v) is 11.7. The van der Waals surface area contributed by atoms with E-state index in [1.54, 1.807) is 6.08 Å². The molecule has 268 valence electrons. The molecule has 0 bridgehead atoms. The van der Waals surface area contributed by atoms with Gasteiger partial charge in [-0.1, -0.05) is 130 Å². The van der Waals surface area contributed by atoms with E-state index in [2.05, 4.69) is 70.4 Å². The third kappa shape index (κ3) is 11.0. The molecule has 1 N–H and O–H groups in total. The molecule has 0 saturated carbocycles. The van der Waals surface area contributed by atoms with Crippen LogP contribution in [0.1, 0.15) is 69.6 Å². The molecule has 1 aliphatic rings.